The third kappa shape index (κ3) is 2.44. The zero-order chi connectivity index (χ0) is 12.5. The fourth-order valence-corrected chi connectivity index (χ4v) is 2.43. The number of aliphatic carboxylic acids is 1. The number of carboxylic acids is 1. The Hall–Kier alpha value is -1.10. The highest BCUT2D eigenvalue weighted by Gasteiger charge is 2.58. The van der Waals surface area contributed by atoms with Gasteiger partial charge in [-0.05, 0) is 31.6 Å². The minimum Gasteiger partial charge on any atom is -0.480 e. The molecule has 96 valence electrons. The summed E-state index contributed by atoms with van der Waals surface area (Å²) in [5, 5.41) is 9.06. The molecule has 1 aliphatic carbocycles. The van der Waals surface area contributed by atoms with Gasteiger partial charge in [-0.2, -0.15) is 0 Å². The first kappa shape index (κ1) is 12.4. The summed E-state index contributed by atoms with van der Waals surface area (Å²) in [7, 11) is 1.69. The van der Waals surface area contributed by atoms with Crippen molar-refractivity contribution < 1.29 is 19.4 Å². The van der Waals surface area contributed by atoms with Crippen LogP contribution in [-0.4, -0.2) is 48.7 Å². The predicted octanol–water partition coefficient (Wildman–Crippen LogP) is 0.736. The van der Waals surface area contributed by atoms with Crippen LogP contribution in [0.5, 0.6) is 0 Å². The van der Waals surface area contributed by atoms with Crippen molar-refractivity contribution in [3.8, 4) is 0 Å². The normalized spacial score (nSPS) is 26.3. The van der Waals surface area contributed by atoms with Crippen LogP contribution in [0.4, 0.5) is 0 Å². The van der Waals surface area contributed by atoms with Gasteiger partial charge < -0.3 is 14.7 Å². The van der Waals surface area contributed by atoms with Crippen molar-refractivity contribution in [3.05, 3.63) is 0 Å². The molecule has 1 aliphatic heterocycles. The average molecular weight is 241 g/mol. The van der Waals surface area contributed by atoms with Crippen molar-refractivity contribution in [2.75, 3.05) is 26.8 Å². The molecule has 1 heterocycles. The molecule has 5 nitrogen and oxygen atoms in total. The topological polar surface area (TPSA) is 66.8 Å². The number of amides is 1. The fraction of sp³-hybridized carbons (Fsp3) is 0.833. The second-order valence-corrected chi connectivity index (χ2v) is 5.16. The number of rotatable bonds is 4. The van der Waals surface area contributed by atoms with Gasteiger partial charge in [-0.15, -0.1) is 0 Å². The Morgan fingerprint density at radius 1 is 1.47 bits per heavy atom. The molecule has 1 saturated carbocycles. The molecule has 2 fully saturated rings. The minimum absolute atomic E-state index is 0.240. The molecular weight excluding hydrogens is 222 g/mol. The number of carbonyl (C=O) groups excluding carboxylic acids is 1. The lowest BCUT2D eigenvalue weighted by molar-refractivity contribution is -0.153. The largest absolute Gasteiger partial charge is 0.480 e. The van der Waals surface area contributed by atoms with Crippen molar-refractivity contribution in [1.29, 1.82) is 0 Å². The molecule has 1 saturated heterocycles. The van der Waals surface area contributed by atoms with Gasteiger partial charge in [0.05, 0.1) is 6.61 Å². The molecule has 1 N–H and O–H groups in total. The lowest BCUT2D eigenvalue weighted by Crippen LogP contribution is -2.42. The number of hydrogen-bond donors (Lipinski definition) is 1. The molecule has 1 atom stereocenters. The van der Waals surface area contributed by atoms with Gasteiger partial charge in [0.2, 0.25) is 5.91 Å². The summed E-state index contributed by atoms with van der Waals surface area (Å²) in [5.74, 6) is -0.868. The van der Waals surface area contributed by atoms with E-state index in [1.165, 1.54) is 0 Å². The van der Waals surface area contributed by atoms with Gasteiger partial charge in [0.15, 0.2) is 0 Å². The van der Waals surface area contributed by atoms with E-state index >= 15 is 0 Å². The van der Waals surface area contributed by atoms with Crippen LogP contribution in [0.1, 0.15) is 25.7 Å². The van der Waals surface area contributed by atoms with E-state index in [4.69, 9.17) is 9.84 Å². The van der Waals surface area contributed by atoms with Crippen LogP contribution in [-0.2, 0) is 14.3 Å². The molecule has 1 unspecified atom stereocenters. The summed E-state index contributed by atoms with van der Waals surface area (Å²) in [5.41, 5.74) is -1.11. The summed E-state index contributed by atoms with van der Waals surface area (Å²) < 4.78 is 5.36. The quantitative estimate of drug-likeness (QED) is 0.737. The first-order valence-electron chi connectivity index (χ1n) is 6.13. The molecule has 17 heavy (non-hydrogen) atoms. The Morgan fingerprint density at radius 3 is 2.65 bits per heavy atom. The van der Waals surface area contributed by atoms with Crippen LogP contribution < -0.4 is 0 Å². The van der Waals surface area contributed by atoms with Crippen LogP contribution in [0, 0.1) is 11.3 Å². The number of carbonyl (C=O) groups is 2. The van der Waals surface area contributed by atoms with E-state index in [9.17, 15) is 9.59 Å². The molecule has 0 radical (unpaired) electrons. The highest BCUT2D eigenvalue weighted by molar-refractivity contribution is 6.04. The van der Waals surface area contributed by atoms with E-state index in [1.54, 1.807) is 11.9 Å². The number of carboxylic acid groups (broad SMARTS) is 1. The monoisotopic (exact) mass is 241 g/mol. The van der Waals surface area contributed by atoms with Crippen molar-refractivity contribution in [2.24, 2.45) is 11.3 Å². The van der Waals surface area contributed by atoms with Crippen LogP contribution in [0.3, 0.4) is 0 Å². The lowest BCUT2D eigenvalue weighted by atomic mass is 10.00. The number of nitrogens with zero attached hydrogens (tertiary/aromatic N) is 1. The molecule has 0 aromatic carbocycles. The maximum Gasteiger partial charge on any atom is 0.319 e. The first-order valence-corrected chi connectivity index (χ1v) is 6.13. The van der Waals surface area contributed by atoms with Gasteiger partial charge in [0, 0.05) is 20.2 Å². The summed E-state index contributed by atoms with van der Waals surface area (Å²) in [6.07, 6.45) is 3.04. The third-order valence-electron chi connectivity index (χ3n) is 3.70. The smallest absolute Gasteiger partial charge is 0.319 e. The van der Waals surface area contributed by atoms with Crippen molar-refractivity contribution in [2.45, 2.75) is 25.7 Å². The number of ether oxygens (including phenoxy) is 1. The van der Waals surface area contributed by atoms with Crippen LogP contribution in [0.2, 0.25) is 0 Å². The van der Waals surface area contributed by atoms with Gasteiger partial charge >= 0.3 is 5.97 Å². The Bertz CT molecular complexity index is 318. The third-order valence-corrected chi connectivity index (χ3v) is 3.70. The molecule has 0 aromatic heterocycles. The lowest BCUT2D eigenvalue weighted by Gasteiger charge is -2.28. The summed E-state index contributed by atoms with van der Waals surface area (Å²) in [6.45, 7) is 2.08. The highest BCUT2D eigenvalue weighted by Crippen LogP contribution is 2.47. The molecular formula is C12H19NO4. The van der Waals surface area contributed by atoms with E-state index in [-0.39, 0.29) is 5.91 Å². The van der Waals surface area contributed by atoms with Crippen LogP contribution in [0.25, 0.3) is 0 Å². The van der Waals surface area contributed by atoms with Crippen molar-refractivity contribution >= 4 is 11.9 Å². The zero-order valence-electron chi connectivity index (χ0n) is 10.1. The van der Waals surface area contributed by atoms with Crippen molar-refractivity contribution in [3.63, 3.8) is 0 Å². The molecule has 0 bridgehead atoms. The second kappa shape index (κ2) is 4.64. The van der Waals surface area contributed by atoms with Crippen molar-refractivity contribution in [1.82, 2.24) is 4.90 Å². The fourth-order valence-electron chi connectivity index (χ4n) is 2.43. The Balaban J connectivity index is 1.89. The maximum absolute atomic E-state index is 12.0. The van der Waals surface area contributed by atoms with Crippen LogP contribution in [0.15, 0.2) is 0 Å². The molecule has 0 aromatic rings. The summed E-state index contributed by atoms with van der Waals surface area (Å²) in [6, 6.07) is 0. The predicted molar refractivity (Wildman–Crippen MR) is 60.5 cm³/mol. The van der Waals surface area contributed by atoms with E-state index < -0.39 is 11.4 Å². The SMILES string of the molecule is CN(CC1CCCOC1)C(=O)C1(C(=O)O)CC1. The molecule has 0 spiro atoms. The van der Waals surface area contributed by atoms with Gasteiger partial charge in [-0.1, -0.05) is 0 Å². The summed E-state index contributed by atoms with van der Waals surface area (Å²) in [4.78, 5) is 24.7. The van der Waals surface area contributed by atoms with Gasteiger partial charge in [-0.25, -0.2) is 0 Å². The zero-order valence-corrected chi connectivity index (χ0v) is 10.1. The first-order chi connectivity index (χ1) is 8.06. The number of hydrogen-bond acceptors (Lipinski definition) is 3. The van der Waals surface area contributed by atoms with Gasteiger partial charge in [0.25, 0.3) is 0 Å². The maximum atomic E-state index is 12.0. The van der Waals surface area contributed by atoms with Crippen LogP contribution >= 0.6 is 0 Å². The van der Waals surface area contributed by atoms with E-state index in [0.29, 0.717) is 31.9 Å². The Labute approximate surface area is 101 Å². The van der Waals surface area contributed by atoms with E-state index in [1.807, 2.05) is 0 Å². The molecule has 2 rings (SSSR count). The van der Waals surface area contributed by atoms with E-state index in [0.717, 1.165) is 19.4 Å². The summed E-state index contributed by atoms with van der Waals surface area (Å²) >= 11 is 0. The molecule has 1 amide bonds. The second-order valence-electron chi connectivity index (χ2n) is 5.16. The van der Waals surface area contributed by atoms with Gasteiger partial charge in [-0.3, -0.25) is 9.59 Å². The Morgan fingerprint density at radius 2 is 2.18 bits per heavy atom. The minimum atomic E-state index is -1.11. The average Bonchev–Trinajstić information content (AvgIpc) is 3.10. The highest BCUT2D eigenvalue weighted by atomic mass is 16.5. The Kier molecular flexibility index (Phi) is 3.38. The molecule has 5 heteroatoms. The molecule has 2 aliphatic rings. The standard InChI is InChI=1S/C12H19NO4/c1-13(7-9-3-2-6-17-8-9)10(14)12(4-5-12)11(15)16/h9H,2-8H2,1H3,(H,15,16). The van der Waals surface area contributed by atoms with E-state index in [2.05, 4.69) is 0 Å². The van der Waals surface area contributed by atoms with Gasteiger partial charge in [0.1, 0.15) is 5.41 Å².